The molecule has 0 aliphatic heterocycles. The van der Waals surface area contributed by atoms with Gasteiger partial charge in [0.15, 0.2) is 0 Å². The lowest BCUT2D eigenvalue weighted by molar-refractivity contribution is 0.0690. The number of aromatic nitrogens is 2. The number of nitrogens with one attached hydrogen (secondary N) is 1. The van der Waals surface area contributed by atoms with Gasteiger partial charge in [0, 0.05) is 19.2 Å². The Bertz CT molecular complexity index is 667. The molecule has 0 atom stereocenters. The van der Waals surface area contributed by atoms with E-state index in [4.69, 9.17) is 5.11 Å². The van der Waals surface area contributed by atoms with Crippen molar-refractivity contribution in [1.29, 1.82) is 0 Å². The molecule has 0 unspecified atom stereocenters. The second kappa shape index (κ2) is 5.52. The van der Waals surface area contributed by atoms with E-state index in [0.29, 0.717) is 5.56 Å². The van der Waals surface area contributed by atoms with E-state index in [-0.39, 0.29) is 17.8 Å². The lowest BCUT2D eigenvalue weighted by Crippen LogP contribution is -2.27. The van der Waals surface area contributed by atoms with Crippen molar-refractivity contribution >= 4 is 11.9 Å². The van der Waals surface area contributed by atoms with Gasteiger partial charge in [-0.2, -0.15) is 5.10 Å². The summed E-state index contributed by atoms with van der Waals surface area (Å²) in [5.74, 6) is -2.30. The predicted octanol–water partition coefficient (Wildman–Crippen LogP) is 1.19. The Morgan fingerprint density at radius 1 is 1.40 bits per heavy atom. The number of nitrogens with zero attached hydrogens (tertiary/aromatic N) is 2. The molecule has 2 rings (SSSR count). The molecule has 1 heterocycles. The highest BCUT2D eigenvalue weighted by atomic mass is 19.1. The smallest absolute Gasteiger partial charge is 0.339 e. The second-order valence-electron chi connectivity index (χ2n) is 4.11. The standard InChI is InChI=1S/C13H12FN3O3/c1-17-11(9(7-16-17)13(19)20)12(18)15-6-8-4-2-3-5-10(8)14/h2-5,7H,6H2,1H3,(H,15,18)(H,19,20). The Morgan fingerprint density at radius 2 is 2.10 bits per heavy atom. The van der Waals surface area contributed by atoms with Crippen molar-refractivity contribution in [3.05, 3.63) is 53.1 Å². The summed E-state index contributed by atoms with van der Waals surface area (Å²) < 4.78 is 14.6. The number of carboxylic acid groups (broad SMARTS) is 1. The molecule has 6 nitrogen and oxygen atoms in total. The number of rotatable bonds is 4. The molecule has 1 aromatic carbocycles. The van der Waals surface area contributed by atoms with Crippen molar-refractivity contribution in [2.75, 3.05) is 0 Å². The van der Waals surface area contributed by atoms with Crippen LogP contribution < -0.4 is 5.32 Å². The first-order valence-electron chi connectivity index (χ1n) is 5.77. The Kier molecular flexibility index (Phi) is 3.79. The van der Waals surface area contributed by atoms with Crippen molar-refractivity contribution in [2.45, 2.75) is 6.54 Å². The van der Waals surface area contributed by atoms with Crippen LogP contribution in [-0.2, 0) is 13.6 Å². The molecule has 0 radical (unpaired) electrons. The summed E-state index contributed by atoms with van der Waals surface area (Å²) in [7, 11) is 1.46. The summed E-state index contributed by atoms with van der Waals surface area (Å²) in [6, 6.07) is 6.02. The molecular formula is C13H12FN3O3. The van der Waals surface area contributed by atoms with Crippen LogP contribution in [0.2, 0.25) is 0 Å². The van der Waals surface area contributed by atoms with Gasteiger partial charge in [-0.1, -0.05) is 18.2 Å². The minimum atomic E-state index is -1.24. The number of carboxylic acids is 1. The number of carbonyl (C=O) groups is 2. The number of aryl methyl sites for hydroxylation is 1. The molecule has 20 heavy (non-hydrogen) atoms. The predicted molar refractivity (Wildman–Crippen MR) is 67.7 cm³/mol. The van der Waals surface area contributed by atoms with Gasteiger partial charge in [-0.3, -0.25) is 9.48 Å². The lowest BCUT2D eigenvalue weighted by Gasteiger charge is -2.07. The average Bonchev–Trinajstić information content (AvgIpc) is 2.79. The van der Waals surface area contributed by atoms with Crippen LogP contribution in [0.5, 0.6) is 0 Å². The van der Waals surface area contributed by atoms with Gasteiger partial charge < -0.3 is 10.4 Å². The molecule has 0 spiro atoms. The molecule has 104 valence electrons. The zero-order valence-corrected chi connectivity index (χ0v) is 10.6. The molecular weight excluding hydrogens is 265 g/mol. The second-order valence-corrected chi connectivity index (χ2v) is 4.11. The van der Waals surface area contributed by atoms with E-state index in [1.165, 1.54) is 23.9 Å². The minimum Gasteiger partial charge on any atom is -0.478 e. The zero-order chi connectivity index (χ0) is 14.7. The third-order valence-electron chi connectivity index (χ3n) is 2.78. The van der Waals surface area contributed by atoms with Gasteiger partial charge in [-0.15, -0.1) is 0 Å². The van der Waals surface area contributed by atoms with Crippen LogP contribution in [0.15, 0.2) is 30.5 Å². The fourth-order valence-electron chi connectivity index (χ4n) is 1.76. The number of aromatic carboxylic acids is 1. The van der Waals surface area contributed by atoms with E-state index in [0.717, 1.165) is 6.20 Å². The summed E-state index contributed by atoms with van der Waals surface area (Å²) >= 11 is 0. The van der Waals surface area contributed by atoms with E-state index < -0.39 is 17.7 Å². The van der Waals surface area contributed by atoms with Crippen LogP contribution in [0.1, 0.15) is 26.4 Å². The first-order valence-corrected chi connectivity index (χ1v) is 5.77. The van der Waals surface area contributed by atoms with Gasteiger partial charge in [-0.05, 0) is 6.07 Å². The highest BCUT2D eigenvalue weighted by Gasteiger charge is 2.21. The number of carbonyl (C=O) groups excluding carboxylic acids is 1. The third-order valence-corrected chi connectivity index (χ3v) is 2.78. The summed E-state index contributed by atoms with van der Waals surface area (Å²) in [5.41, 5.74) is 0.0484. The molecule has 0 saturated carbocycles. The Hall–Kier alpha value is -2.70. The fourth-order valence-corrected chi connectivity index (χ4v) is 1.76. The molecule has 1 aromatic heterocycles. The maximum atomic E-state index is 13.4. The van der Waals surface area contributed by atoms with Crippen molar-refractivity contribution < 1.29 is 19.1 Å². The Balaban J connectivity index is 2.16. The highest BCUT2D eigenvalue weighted by molar-refractivity contribution is 6.03. The van der Waals surface area contributed by atoms with Crippen molar-refractivity contribution in [3.63, 3.8) is 0 Å². The largest absolute Gasteiger partial charge is 0.478 e. The fraction of sp³-hybridized carbons (Fsp3) is 0.154. The number of hydrogen-bond donors (Lipinski definition) is 2. The molecule has 0 bridgehead atoms. The van der Waals surface area contributed by atoms with Crippen molar-refractivity contribution in [3.8, 4) is 0 Å². The van der Waals surface area contributed by atoms with Crippen LogP contribution in [0.4, 0.5) is 4.39 Å². The normalized spacial score (nSPS) is 10.3. The van der Waals surface area contributed by atoms with Crippen LogP contribution in [-0.4, -0.2) is 26.8 Å². The zero-order valence-electron chi connectivity index (χ0n) is 10.6. The molecule has 0 aliphatic rings. The maximum Gasteiger partial charge on any atom is 0.339 e. The summed E-state index contributed by atoms with van der Waals surface area (Å²) in [4.78, 5) is 23.0. The van der Waals surface area contributed by atoms with Gasteiger partial charge >= 0.3 is 5.97 Å². The minimum absolute atomic E-state index is 0.0320. The van der Waals surface area contributed by atoms with Crippen molar-refractivity contribution in [2.24, 2.45) is 7.05 Å². The van der Waals surface area contributed by atoms with Crippen LogP contribution in [0, 0.1) is 5.82 Å². The lowest BCUT2D eigenvalue weighted by atomic mass is 10.2. The van der Waals surface area contributed by atoms with E-state index in [9.17, 15) is 14.0 Å². The molecule has 7 heteroatoms. The molecule has 2 N–H and O–H groups in total. The van der Waals surface area contributed by atoms with E-state index in [1.807, 2.05) is 0 Å². The SMILES string of the molecule is Cn1ncc(C(=O)O)c1C(=O)NCc1ccccc1F. The van der Waals surface area contributed by atoms with E-state index in [2.05, 4.69) is 10.4 Å². The Morgan fingerprint density at radius 3 is 2.75 bits per heavy atom. The molecule has 1 amide bonds. The van der Waals surface area contributed by atoms with E-state index in [1.54, 1.807) is 12.1 Å². The van der Waals surface area contributed by atoms with Gasteiger partial charge in [-0.25, -0.2) is 9.18 Å². The van der Waals surface area contributed by atoms with Crippen molar-refractivity contribution in [1.82, 2.24) is 15.1 Å². The number of amides is 1. The van der Waals surface area contributed by atoms with Crippen LogP contribution in [0.3, 0.4) is 0 Å². The molecule has 2 aromatic rings. The maximum absolute atomic E-state index is 13.4. The number of benzene rings is 1. The first kappa shape index (κ1) is 13.7. The van der Waals surface area contributed by atoms with Gasteiger partial charge in [0.25, 0.3) is 5.91 Å². The van der Waals surface area contributed by atoms with Gasteiger partial charge in [0.2, 0.25) is 0 Å². The van der Waals surface area contributed by atoms with Crippen LogP contribution in [0.25, 0.3) is 0 Å². The third kappa shape index (κ3) is 2.66. The van der Waals surface area contributed by atoms with Gasteiger partial charge in [0.05, 0.1) is 6.20 Å². The summed E-state index contributed by atoms with van der Waals surface area (Å²) in [6.07, 6.45) is 1.10. The highest BCUT2D eigenvalue weighted by Crippen LogP contribution is 2.09. The van der Waals surface area contributed by atoms with Gasteiger partial charge in [0.1, 0.15) is 17.1 Å². The topological polar surface area (TPSA) is 84.2 Å². The summed E-state index contributed by atoms with van der Waals surface area (Å²) in [5, 5.41) is 15.2. The number of hydrogen-bond acceptors (Lipinski definition) is 3. The quantitative estimate of drug-likeness (QED) is 0.879. The summed E-state index contributed by atoms with van der Waals surface area (Å²) in [6.45, 7) is -0.0320. The Labute approximate surface area is 113 Å². The number of halogens is 1. The molecule has 0 saturated heterocycles. The monoisotopic (exact) mass is 277 g/mol. The molecule has 0 aliphatic carbocycles. The van der Waals surface area contributed by atoms with Crippen LogP contribution >= 0.6 is 0 Å². The average molecular weight is 277 g/mol. The first-order chi connectivity index (χ1) is 9.50. The molecule has 0 fully saturated rings. The van der Waals surface area contributed by atoms with E-state index >= 15 is 0 Å².